The lowest BCUT2D eigenvalue weighted by atomic mass is 9.98. The van der Waals surface area contributed by atoms with Gasteiger partial charge in [-0.25, -0.2) is 0 Å². The van der Waals surface area contributed by atoms with Gasteiger partial charge in [0.05, 0.1) is 0 Å². The standard InChI is InChI=1S/C21H24O3/c1-15(2)11-20(22)13-19-12-18(9-10-21(19)24-14-23-4)17-7-5-16(3)6-8-17/h5-12H,13-14H2,1-4H3. The number of methoxy groups -OCH3 is 1. The summed E-state index contributed by atoms with van der Waals surface area (Å²) in [6.45, 7) is 6.06. The van der Waals surface area contributed by atoms with Gasteiger partial charge < -0.3 is 9.47 Å². The van der Waals surface area contributed by atoms with Crippen LogP contribution >= 0.6 is 0 Å². The molecule has 0 heterocycles. The van der Waals surface area contributed by atoms with Crippen LogP contribution in [-0.4, -0.2) is 19.7 Å². The number of carbonyl (C=O) groups is 1. The predicted octanol–water partition coefficient (Wildman–Crippen LogP) is 4.72. The van der Waals surface area contributed by atoms with E-state index in [0.717, 1.165) is 22.3 Å². The van der Waals surface area contributed by atoms with Crippen molar-refractivity contribution in [2.45, 2.75) is 27.2 Å². The summed E-state index contributed by atoms with van der Waals surface area (Å²) in [7, 11) is 1.58. The molecule has 0 unspecified atom stereocenters. The molecule has 2 rings (SSSR count). The van der Waals surface area contributed by atoms with Crippen LogP contribution in [-0.2, 0) is 16.0 Å². The molecule has 2 aromatic rings. The van der Waals surface area contributed by atoms with Crippen molar-refractivity contribution in [1.82, 2.24) is 0 Å². The number of aryl methyl sites for hydroxylation is 1. The first kappa shape index (κ1) is 18.0. The predicted molar refractivity (Wildman–Crippen MR) is 97.3 cm³/mol. The average molecular weight is 324 g/mol. The Balaban J connectivity index is 2.35. The molecule has 0 aromatic heterocycles. The molecule has 0 saturated heterocycles. The van der Waals surface area contributed by atoms with Crippen LogP contribution in [0.5, 0.6) is 5.75 Å². The normalized spacial score (nSPS) is 10.3. The Morgan fingerprint density at radius 3 is 2.33 bits per heavy atom. The molecule has 3 heteroatoms. The SMILES string of the molecule is COCOc1ccc(-c2ccc(C)cc2)cc1CC(=O)C=C(C)C. The van der Waals surface area contributed by atoms with Gasteiger partial charge in [0.25, 0.3) is 0 Å². The Hall–Kier alpha value is -2.39. The van der Waals surface area contributed by atoms with Crippen molar-refractivity contribution in [2.75, 3.05) is 13.9 Å². The van der Waals surface area contributed by atoms with Gasteiger partial charge in [0.15, 0.2) is 12.6 Å². The molecule has 0 fully saturated rings. The van der Waals surface area contributed by atoms with E-state index in [9.17, 15) is 4.79 Å². The second kappa shape index (κ2) is 8.46. The van der Waals surface area contributed by atoms with E-state index >= 15 is 0 Å². The number of rotatable bonds is 7. The van der Waals surface area contributed by atoms with E-state index in [1.165, 1.54) is 5.56 Å². The molecular weight excluding hydrogens is 300 g/mol. The highest BCUT2D eigenvalue weighted by atomic mass is 16.7. The highest BCUT2D eigenvalue weighted by Gasteiger charge is 2.10. The van der Waals surface area contributed by atoms with E-state index in [2.05, 4.69) is 31.2 Å². The maximum Gasteiger partial charge on any atom is 0.188 e. The van der Waals surface area contributed by atoms with E-state index in [1.807, 2.05) is 32.0 Å². The van der Waals surface area contributed by atoms with Gasteiger partial charge in [0.1, 0.15) is 5.75 Å². The van der Waals surface area contributed by atoms with E-state index in [-0.39, 0.29) is 12.6 Å². The minimum absolute atomic E-state index is 0.0679. The molecule has 0 amide bonds. The fourth-order valence-corrected chi connectivity index (χ4v) is 2.47. The van der Waals surface area contributed by atoms with Crippen LogP contribution in [0.15, 0.2) is 54.1 Å². The smallest absolute Gasteiger partial charge is 0.188 e. The molecule has 3 nitrogen and oxygen atoms in total. The van der Waals surface area contributed by atoms with Crippen molar-refractivity contribution in [3.05, 3.63) is 65.2 Å². The van der Waals surface area contributed by atoms with Crippen LogP contribution in [0.1, 0.15) is 25.0 Å². The second-order valence-corrected chi connectivity index (χ2v) is 6.10. The van der Waals surface area contributed by atoms with Crippen molar-refractivity contribution in [3.8, 4) is 16.9 Å². The van der Waals surface area contributed by atoms with Crippen LogP contribution in [0.4, 0.5) is 0 Å². The topological polar surface area (TPSA) is 35.5 Å². The quantitative estimate of drug-likeness (QED) is 0.546. The Morgan fingerprint density at radius 1 is 1.04 bits per heavy atom. The average Bonchev–Trinajstić information content (AvgIpc) is 2.53. The van der Waals surface area contributed by atoms with Crippen molar-refractivity contribution < 1.29 is 14.3 Å². The summed E-state index contributed by atoms with van der Waals surface area (Å²) >= 11 is 0. The summed E-state index contributed by atoms with van der Waals surface area (Å²) in [6, 6.07) is 14.3. The van der Waals surface area contributed by atoms with Crippen LogP contribution < -0.4 is 4.74 Å². The van der Waals surface area contributed by atoms with Crippen molar-refractivity contribution in [3.63, 3.8) is 0 Å². The van der Waals surface area contributed by atoms with Gasteiger partial charge in [-0.2, -0.15) is 0 Å². The number of benzene rings is 2. The molecule has 0 aliphatic carbocycles. The van der Waals surface area contributed by atoms with Crippen molar-refractivity contribution >= 4 is 5.78 Å². The van der Waals surface area contributed by atoms with Gasteiger partial charge in [0.2, 0.25) is 0 Å². The van der Waals surface area contributed by atoms with E-state index < -0.39 is 0 Å². The third kappa shape index (κ3) is 5.07. The third-order valence-electron chi connectivity index (χ3n) is 3.59. The first-order valence-corrected chi connectivity index (χ1v) is 7.99. The van der Waals surface area contributed by atoms with Crippen molar-refractivity contribution in [1.29, 1.82) is 0 Å². The minimum Gasteiger partial charge on any atom is -0.467 e. The molecule has 0 radical (unpaired) electrons. The lowest BCUT2D eigenvalue weighted by molar-refractivity contribution is -0.114. The fourth-order valence-electron chi connectivity index (χ4n) is 2.47. The van der Waals surface area contributed by atoms with E-state index in [0.29, 0.717) is 12.2 Å². The van der Waals surface area contributed by atoms with Gasteiger partial charge >= 0.3 is 0 Å². The Morgan fingerprint density at radius 2 is 1.71 bits per heavy atom. The number of hydrogen-bond acceptors (Lipinski definition) is 3. The number of allylic oxidation sites excluding steroid dienone is 2. The van der Waals surface area contributed by atoms with Crippen molar-refractivity contribution in [2.24, 2.45) is 0 Å². The summed E-state index contributed by atoms with van der Waals surface area (Å²) in [4.78, 5) is 12.2. The first-order chi connectivity index (χ1) is 11.5. The zero-order valence-electron chi connectivity index (χ0n) is 14.8. The molecule has 2 aromatic carbocycles. The molecule has 0 N–H and O–H groups in total. The number of hydrogen-bond donors (Lipinski definition) is 0. The van der Waals surface area contributed by atoms with Crippen LogP contribution in [0.25, 0.3) is 11.1 Å². The zero-order chi connectivity index (χ0) is 17.5. The van der Waals surface area contributed by atoms with E-state index in [1.54, 1.807) is 13.2 Å². The summed E-state index contributed by atoms with van der Waals surface area (Å²) in [6.07, 6.45) is 1.97. The fraction of sp³-hybridized carbons (Fsp3) is 0.286. The highest BCUT2D eigenvalue weighted by molar-refractivity contribution is 5.92. The van der Waals surface area contributed by atoms with E-state index in [4.69, 9.17) is 9.47 Å². The largest absolute Gasteiger partial charge is 0.467 e. The Kier molecular flexibility index (Phi) is 6.33. The number of ketones is 1. The molecule has 0 saturated carbocycles. The third-order valence-corrected chi connectivity index (χ3v) is 3.59. The molecule has 0 bridgehead atoms. The molecule has 0 atom stereocenters. The van der Waals surface area contributed by atoms with Gasteiger partial charge in [0, 0.05) is 19.1 Å². The summed E-state index contributed by atoms with van der Waals surface area (Å²) < 4.78 is 10.6. The van der Waals surface area contributed by atoms with Gasteiger partial charge in [-0.3, -0.25) is 4.79 Å². The monoisotopic (exact) mass is 324 g/mol. The summed E-state index contributed by atoms with van der Waals surface area (Å²) in [5.74, 6) is 0.751. The molecule has 0 aliphatic rings. The summed E-state index contributed by atoms with van der Waals surface area (Å²) in [5, 5.41) is 0. The van der Waals surface area contributed by atoms with Crippen LogP contribution in [0, 0.1) is 6.92 Å². The Bertz CT molecular complexity index is 723. The van der Waals surface area contributed by atoms with Gasteiger partial charge in [-0.1, -0.05) is 41.5 Å². The molecular formula is C21H24O3. The lowest BCUT2D eigenvalue weighted by Crippen LogP contribution is -2.05. The maximum atomic E-state index is 12.2. The summed E-state index contributed by atoms with van der Waals surface area (Å²) in [5.41, 5.74) is 5.27. The molecule has 0 spiro atoms. The van der Waals surface area contributed by atoms with Crippen LogP contribution in [0.3, 0.4) is 0 Å². The number of ether oxygens (including phenoxy) is 2. The lowest BCUT2D eigenvalue weighted by Gasteiger charge is -2.12. The maximum absolute atomic E-state index is 12.2. The van der Waals surface area contributed by atoms with Crippen LogP contribution in [0.2, 0.25) is 0 Å². The first-order valence-electron chi connectivity index (χ1n) is 7.99. The minimum atomic E-state index is 0.0679. The van der Waals surface area contributed by atoms with Gasteiger partial charge in [-0.15, -0.1) is 0 Å². The second-order valence-electron chi connectivity index (χ2n) is 6.10. The highest BCUT2D eigenvalue weighted by Crippen LogP contribution is 2.28. The molecule has 24 heavy (non-hydrogen) atoms. The van der Waals surface area contributed by atoms with Gasteiger partial charge in [-0.05, 0) is 50.1 Å². The molecule has 0 aliphatic heterocycles. The Labute approximate surface area is 143 Å². The molecule has 126 valence electrons. The zero-order valence-corrected chi connectivity index (χ0v) is 14.8. The number of carbonyl (C=O) groups excluding carboxylic acids is 1.